The number of hydrogen-bond acceptors (Lipinski definition) is 4. The predicted octanol–water partition coefficient (Wildman–Crippen LogP) is 4.67. The van der Waals surface area contributed by atoms with Crippen molar-refractivity contribution in [3.8, 4) is 11.5 Å². The number of carbonyl (C=O) groups excluding carboxylic acids is 1. The van der Waals surface area contributed by atoms with E-state index in [1.807, 2.05) is 36.4 Å². The summed E-state index contributed by atoms with van der Waals surface area (Å²) in [5.41, 5.74) is 4.84. The van der Waals surface area contributed by atoms with Gasteiger partial charge in [-0.1, -0.05) is 18.2 Å². The highest BCUT2D eigenvalue weighted by Gasteiger charge is 2.13. The van der Waals surface area contributed by atoms with Gasteiger partial charge in [-0.15, -0.1) is 0 Å². The number of imidazole rings is 1. The summed E-state index contributed by atoms with van der Waals surface area (Å²) in [4.78, 5) is 17.3. The van der Waals surface area contributed by atoms with Crippen LogP contribution in [0.25, 0.3) is 11.0 Å². The SMILES string of the molecule is COc1ccc(C(=O)NCc2nc3ccccc3n2CCOc2cc(C)cc(C)c2)cc1. The second-order valence-corrected chi connectivity index (χ2v) is 7.75. The molecule has 0 saturated carbocycles. The zero-order valence-electron chi connectivity index (χ0n) is 18.6. The molecule has 6 nitrogen and oxygen atoms in total. The average Bonchev–Trinajstić information content (AvgIpc) is 3.14. The summed E-state index contributed by atoms with van der Waals surface area (Å²) >= 11 is 0. The number of hydrogen-bond donors (Lipinski definition) is 1. The third-order valence-corrected chi connectivity index (χ3v) is 5.27. The number of nitrogens with one attached hydrogen (secondary N) is 1. The molecule has 1 amide bonds. The number of aryl methyl sites for hydroxylation is 2. The van der Waals surface area contributed by atoms with E-state index in [-0.39, 0.29) is 5.91 Å². The fourth-order valence-corrected chi connectivity index (χ4v) is 3.78. The normalized spacial score (nSPS) is 10.8. The summed E-state index contributed by atoms with van der Waals surface area (Å²) < 4.78 is 13.3. The van der Waals surface area contributed by atoms with Gasteiger partial charge in [-0.05, 0) is 73.5 Å². The molecule has 0 saturated heterocycles. The third-order valence-electron chi connectivity index (χ3n) is 5.27. The van der Waals surface area contributed by atoms with Crippen LogP contribution in [0, 0.1) is 13.8 Å². The fraction of sp³-hybridized carbons (Fsp3) is 0.231. The lowest BCUT2D eigenvalue weighted by Crippen LogP contribution is -2.25. The van der Waals surface area contributed by atoms with Gasteiger partial charge < -0.3 is 19.4 Å². The van der Waals surface area contributed by atoms with Gasteiger partial charge in [0.2, 0.25) is 0 Å². The number of fused-ring (bicyclic) bond motifs is 1. The van der Waals surface area contributed by atoms with Gasteiger partial charge in [0.05, 0.1) is 31.2 Å². The van der Waals surface area contributed by atoms with Crippen LogP contribution in [-0.4, -0.2) is 29.2 Å². The monoisotopic (exact) mass is 429 g/mol. The Balaban J connectivity index is 1.47. The molecule has 32 heavy (non-hydrogen) atoms. The molecule has 0 aliphatic rings. The number of methoxy groups -OCH3 is 1. The van der Waals surface area contributed by atoms with Gasteiger partial charge in [0.25, 0.3) is 5.91 Å². The Bertz CT molecular complexity index is 1210. The molecule has 6 heteroatoms. The Morgan fingerprint density at radius 1 is 0.969 bits per heavy atom. The van der Waals surface area contributed by atoms with Crippen LogP contribution in [-0.2, 0) is 13.1 Å². The largest absolute Gasteiger partial charge is 0.497 e. The lowest BCUT2D eigenvalue weighted by molar-refractivity contribution is 0.0949. The van der Waals surface area contributed by atoms with Crippen LogP contribution in [0.4, 0.5) is 0 Å². The van der Waals surface area contributed by atoms with E-state index in [4.69, 9.17) is 14.5 Å². The van der Waals surface area contributed by atoms with Gasteiger partial charge in [0.15, 0.2) is 0 Å². The minimum atomic E-state index is -0.155. The Labute approximate surface area is 187 Å². The molecule has 0 unspecified atom stereocenters. The quantitative estimate of drug-likeness (QED) is 0.442. The molecule has 0 aliphatic carbocycles. The standard InChI is InChI=1S/C26H27N3O3/c1-18-14-19(2)16-22(15-18)32-13-12-29-24-7-5-4-6-23(24)28-25(29)17-27-26(30)20-8-10-21(31-3)11-9-20/h4-11,14-16H,12-13,17H2,1-3H3,(H,27,30). The van der Waals surface area contributed by atoms with Crippen LogP contribution >= 0.6 is 0 Å². The number of aromatic nitrogens is 2. The zero-order chi connectivity index (χ0) is 22.5. The molecular weight excluding hydrogens is 402 g/mol. The highest BCUT2D eigenvalue weighted by atomic mass is 16.5. The maximum atomic E-state index is 12.6. The molecule has 0 fully saturated rings. The van der Waals surface area contributed by atoms with Crippen molar-refractivity contribution in [1.82, 2.24) is 14.9 Å². The summed E-state index contributed by atoms with van der Waals surface area (Å²) in [6.07, 6.45) is 0. The number of rotatable bonds is 8. The van der Waals surface area contributed by atoms with Crippen molar-refractivity contribution >= 4 is 16.9 Å². The molecule has 3 aromatic carbocycles. The number of para-hydroxylation sites is 2. The van der Waals surface area contributed by atoms with Crippen molar-refractivity contribution in [1.29, 1.82) is 0 Å². The van der Waals surface area contributed by atoms with E-state index in [0.717, 1.165) is 22.6 Å². The van der Waals surface area contributed by atoms with Crippen LogP contribution in [0.2, 0.25) is 0 Å². The molecule has 0 atom stereocenters. The number of ether oxygens (including phenoxy) is 2. The molecule has 0 aliphatic heterocycles. The van der Waals surface area contributed by atoms with Crippen LogP contribution in [0.3, 0.4) is 0 Å². The predicted molar refractivity (Wildman–Crippen MR) is 125 cm³/mol. The molecule has 4 aromatic rings. The highest BCUT2D eigenvalue weighted by molar-refractivity contribution is 5.94. The summed E-state index contributed by atoms with van der Waals surface area (Å²) in [5, 5.41) is 2.97. The average molecular weight is 430 g/mol. The van der Waals surface area contributed by atoms with E-state index in [1.165, 1.54) is 11.1 Å². The Morgan fingerprint density at radius 3 is 2.41 bits per heavy atom. The molecular formula is C26H27N3O3. The lowest BCUT2D eigenvalue weighted by atomic mass is 10.1. The minimum absolute atomic E-state index is 0.155. The van der Waals surface area contributed by atoms with E-state index >= 15 is 0 Å². The van der Waals surface area contributed by atoms with Crippen LogP contribution in [0.15, 0.2) is 66.7 Å². The van der Waals surface area contributed by atoms with E-state index in [1.54, 1.807) is 31.4 Å². The van der Waals surface area contributed by atoms with Gasteiger partial charge in [-0.3, -0.25) is 4.79 Å². The maximum absolute atomic E-state index is 12.6. The van der Waals surface area contributed by atoms with E-state index in [2.05, 4.69) is 29.8 Å². The molecule has 1 heterocycles. The van der Waals surface area contributed by atoms with E-state index in [0.29, 0.717) is 31.0 Å². The van der Waals surface area contributed by atoms with Gasteiger partial charge in [-0.2, -0.15) is 0 Å². The topological polar surface area (TPSA) is 65.4 Å². The zero-order valence-corrected chi connectivity index (χ0v) is 18.6. The molecule has 164 valence electrons. The van der Waals surface area contributed by atoms with Gasteiger partial charge in [0.1, 0.15) is 23.9 Å². The minimum Gasteiger partial charge on any atom is -0.497 e. The van der Waals surface area contributed by atoms with E-state index < -0.39 is 0 Å². The van der Waals surface area contributed by atoms with Crippen molar-refractivity contribution in [3.05, 3.63) is 89.2 Å². The first-order valence-electron chi connectivity index (χ1n) is 10.6. The van der Waals surface area contributed by atoms with Crippen molar-refractivity contribution in [2.75, 3.05) is 13.7 Å². The molecule has 0 radical (unpaired) electrons. The molecule has 0 spiro atoms. The third kappa shape index (κ3) is 4.91. The van der Waals surface area contributed by atoms with Crippen molar-refractivity contribution in [2.45, 2.75) is 26.9 Å². The van der Waals surface area contributed by atoms with Gasteiger partial charge >= 0.3 is 0 Å². The second kappa shape index (κ2) is 9.56. The number of benzene rings is 3. The number of amides is 1. The van der Waals surface area contributed by atoms with Crippen molar-refractivity contribution in [2.24, 2.45) is 0 Å². The van der Waals surface area contributed by atoms with Crippen LogP contribution < -0.4 is 14.8 Å². The Hall–Kier alpha value is -3.80. The molecule has 1 aromatic heterocycles. The highest BCUT2D eigenvalue weighted by Crippen LogP contribution is 2.19. The summed E-state index contributed by atoms with van der Waals surface area (Å²) in [7, 11) is 1.60. The first-order chi connectivity index (χ1) is 15.5. The maximum Gasteiger partial charge on any atom is 0.251 e. The smallest absolute Gasteiger partial charge is 0.251 e. The van der Waals surface area contributed by atoms with Gasteiger partial charge in [0, 0.05) is 5.56 Å². The summed E-state index contributed by atoms with van der Waals surface area (Å²) in [5.74, 6) is 2.21. The van der Waals surface area contributed by atoms with Gasteiger partial charge in [-0.25, -0.2) is 4.98 Å². The Kier molecular flexibility index (Phi) is 6.40. The summed E-state index contributed by atoms with van der Waals surface area (Å²) in [6, 6.07) is 21.2. The first-order valence-corrected chi connectivity index (χ1v) is 10.6. The van der Waals surface area contributed by atoms with Crippen LogP contribution in [0.5, 0.6) is 11.5 Å². The lowest BCUT2D eigenvalue weighted by Gasteiger charge is -2.12. The van der Waals surface area contributed by atoms with Crippen LogP contribution in [0.1, 0.15) is 27.3 Å². The molecule has 0 bridgehead atoms. The first kappa shape index (κ1) is 21.4. The number of nitrogens with zero attached hydrogens (tertiary/aromatic N) is 2. The second-order valence-electron chi connectivity index (χ2n) is 7.75. The Morgan fingerprint density at radius 2 is 1.69 bits per heavy atom. The summed E-state index contributed by atoms with van der Waals surface area (Å²) in [6.45, 7) is 5.58. The van der Waals surface area contributed by atoms with E-state index in [9.17, 15) is 4.79 Å². The van der Waals surface area contributed by atoms with Crippen molar-refractivity contribution in [3.63, 3.8) is 0 Å². The molecule has 4 rings (SSSR count). The number of carbonyl (C=O) groups is 1. The van der Waals surface area contributed by atoms with Crippen molar-refractivity contribution < 1.29 is 14.3 Å². The molecule has 1 N–H and O–H groups in total. The fourth-order valence-electron chi connectivity index (χ4n) is 3.78.